The number of nitrogens with zero attached hydrogens (tertiary/aromatic N) is 2. The van der Waals surface area contributed by atoms with Gasteiger partial charge in [-0.05, 0) is 25.1 Å². The Morgan fingerprint density at radius 3 is 2.93 bits per heavy atom. The van der Waals surface area contributed by atoms with Crippen LogP contribution in [0.2, 0.25) is 0 Å². The first kappa shape index (κ1) is 8.90. The first-order chi connectivity index (χ1) is 6.75. The average molecular weight is 190 g/mol. The van der Waals surface area contributed by atoms with Gasteiger partial charge in [0.25, 0.3) is 0 Å². The lowest BCUT2D eigenvalue weighted by atomic mass is 10.3. The van der Waals surface area contributed by atoms with Crippen molar-refractivity contribution in [2.24, 2.45) is 0 Å². The van der Waals surface area contributed by atoms with Gasteiger partial charge in [0.2, 0.25) is 5.88 Å². The third-order valence-electron chi connectivity index (χ3n) is 1.72. The number of rotatable bonds is 2. The van der Waals surface area contributed by atoms with Crippen molar-refractivity contribution in [3.8, 4) is 5.88 Å². The van der Waals surface area contributed by atoms with E-state index in [0.29, 0.717) is 5.88 Å². The van der Waals surface area contributed by atoms with Gasteiger partial charge in [0, 0.05) is 12.3 Å². The summed E-state index contributed by atoms with van der Waals surface area (Å²) in [5.41, 5.74) is 1.57. The van der Waals surface area contributed by atoms with Crippen LogP contribution in [0.25, 0.3) is 11.0 Å². The molecule has 0 spiro atoms. The van der Waals surface area contributed by atoms with E-state index in [9.17, 15) is 0 Å². The second-order valence-corrected chi connectivity index (χ2v) is 2.91. The maximum Gasteiger partial charge on any atom is 0.216 e. The van der Waals surface area contributed by atoms with Crippen LogP contribution in [0.15, 0.2) is 30.5 Å². The topological polar surface area (TPSA) is 55.2 Å². The molecule has 0 saturated carbocycles. The molecule has 4 heteroatoms. The highest BCUT2D eigenvalue weighted by Crippen LogP contribution is 2.14. The molecular weight excluding hydrogens is 180 g/mol. The lowest BCUT2D eigenvalue weighted by Gasteiger charge is -2.07. The van der Waals surface area contributed by atoms with Crippen molar-refractivity contribution in [3.63, 3.8) is 0 Å². The van der Waals surface area contributed by atoms with Gasteiger partial charge in [0.15, 0.2) is 6.29 Å². The number of aliphatic hydroxyl groups excluding tert-OH is 1. The Morgan fingerprint density at radius 1 is 1.29 bits per heavy atom. The maximum atomic E-state index is 9.00. The molecule has 2 rings (SSSR count). The van der Waals surface area contributed by atoms with E-state index >= 15 is 0 Å². The molecule has 1 N–H and O–H groups in total. The van der Waals surface area contributed by atoms with Crippen LogP contribution in [-0.2, 0) is 0 Å². The predicted octanol–water partition coefficient (Wildman–Crippen LogP) is 1.35. The Kier molecular flexibility index (Phi) is 2.28. The van der Waals surface area contributed by atoms with E-state index in [4.69, 9.17) is 9.84 Å². The van der Waals surface area contributed by atoms with Crippen molar-refractivity contribution < 1.29 is 9.84 Å². The molecule has 1 unspecified atom stereocenters. The largest absolute Gasteiger partial charge is 0.448 e. The van der Waals surface area contributed by atoms with Crippen molar-refractivity contribution in [2.45, 2.75) is 13.2 Å². The second kappa shape index (κ2) is 3.59. The van der Waals surface area contributed by atoms with Crippen molar-refractivity contribution in [2.75, 3.05) is 0 Å². The highest BCUT2D eigenvalue weighted by molar-refractivity contribution is 5.74. The Labute approximate surface area is 81.2 Å². The minimum absolute atomic E-state index is 0.403. The number of aromatic nitrogens is 2. The molecule has 4 nitrogen and oxygen atoms in total. The molecule has 0 aliphatic carbocycles. The third-order valence-corrected chi connectivity index (χ3v) is 1.72. The van der Waals surface area contributed by atoms with E-state index in [1.54, 1.807) is 18.3 Å². The summed E-state index contributed by atoms with van der Waals surface area (Å²) < 4.78 is 5.04. The summed E-state index contributed by atoms with van der Waals surface area (Å²) in [7, 11) is 0. The molecule has 72 valence electrons. The molecule has 0 aromatic carbocycles. The van der Waals surface area contributed by atoms with E-state index < -0.39 is 6.29 Å². The van der Waals surface area contributed by atoms with Gasteiger partial charge in [-0.25, -0.2) is 4.98 Å². The lowest BCUT2D eigenvalue weighted by Crippen LogP contribution is -2.10. The molecule has 2 aromatic rings. The molecule has 0 amide bonds. The molecular formula is C10H10N2O2. The van der Waals surface area contributed by atoms with Crippen molar-refractivity contribution >= 4 is 11.0 Å². The van der Waals surface area contributed by atoms with Crippen LogP contribution < -0.4 is 4.74 Å². The summed E-state index contributed by atoms with van der Waals surface area (Å²) >= 11 is 0. The molecule has 14 heavy (non-hydrogen) atoms. The highest BCUT2D eigenvalue weighted by atomic mass is 16.6. The number of hydrogen-bond donors (Lipinski definition) is 1. The number of aliphatic hydroxyl groups is 1. The number of ether oxygens (including phenoxy) is 1. The second-order valence-electron chi connectivity index (χ2n) is 2.91. The van der Waals surface area contributed by atoms with Crippen LogP contribution in [0.1, 0.15) is 6.92 Å². The SMILES string of the molecule is CC(O)Oc1ccc2ncccc2n1. The molecule has 1 atom stereocenters. The Hall–Kier alpha value is -1.68. The fraction of sp³-hybridized carbons (Fsp3) is 0.200. The van der Waals surface area contributed by atoms with Gasteiger partial charge in [-0.3, -0.25) is 4.98 Å². The Bertz CT molecular complexity index is 443. The lowest BCUT2D eigenvalue weighted by molar-refractivity contribution is -0.00343. The van der Waals surface area contributed by atoms with Gasteiger partial charge in [0.1, 0.15) is 0 Å². The zero-order valence-electron chi connectivity index (χ0n) is 7.71. The number of hydrogen-bond acceptors (Lipinski definition) is 4. The zero-order valence-corrected chi connectivity index (χ0v) is 7.71. The smallest absolute Gasteiger partial charge is 0.216 e. The molecule has 0 fully saturated rings. The predicted molar refractivity (Wildman–Crippen MR) is 51.8 cm³/mol. The van der Waals surface area contributed by atoms with E-state index in [0.717, 1.165) is 11.0 Å². The first-order valence-corrected chi connectivity index (χ1v) is 4.32. The summed E-state index contributed by atoms with van der Waals surface area (Å²) in [5.74, 6) is 0.403. The average Bonchev–Trinajstić information content (AvgIpc) is 2.17. The van der Waals surface area contributed by atoms with Gasteiger partial charge in [0.05, 0.1) is 11.0 Å². The van der Waals surface area contributed by atoms with Crippen molar-refractivity contribution in [1.29, 1.82) is 0 Å². The van der Waals surface area contributed by atoms with E-state index in [1.807, 2.05) is 12.1 Å². The van der Waals surface area contributed by atoms with Gasteiger partial charge in [-0.15, -0.1) is 0 Å². The summed E-state index contributed by atoms with van der Waals surface area (Å²) in [5, 5.41) is 9.00. The first-order valence-electron chi connectivity index (χ1n) is 4.32. The Balaban J connectivity index is 2.41. The Morgan fingerprint density at radius 2 is 2.14 bits per heavy atom. The molecule has 2 aromatic heterocycles. The normalized spacial score (nSPS) is 12.7. The van der Waals surface area contributed by atoms with Crippen LogP contribution in [0, 0.1) is 0 Å². The van der Waals surface area contributed by atoms with Crippen LogP contribution in [-0.4, -0.2) is 21.4 Å². The molecule has 0 saturated heterocycles. The highest BCUT2D eigenvalue weighted by Gasteiger charge is 2.01. The van der Waals surface area contributed by atoms with Crippen LogP contribution in [0.3, 0.4) is 0 Å². The van der Waals surface area contributed by atoms with Crippen LogP contribution in [0.5, 0.6) is 5.88 Å². The van der Waals surface area contributed by atoms with Gasteiger partial charge in [-0.1, -0.05) is 0 Å². The molecule has 0 aliphatic rings. The van der Waals surface area contributed by atoms with Crippen molar-refractivity contribution in [1.82, 2.24) is 9.97 Å². The van der Waals surface area contributed by atoms with Gasteiger partial charge in [-0.2, -0.15) is 0 Å². The number of pyridine rings is 2. The third kappa shape index (κ3) is 1.80. The van der Waals surface area contributed by atoms with E-state index in [1.165, 1.54) is 6.92 Å². The van der Waals surface area contributed by atoms with Gasteiger partial charge < -0.3 is 9.84 Å². The summed E-state index contributed by atoms with van der Waals surface area (Å²) in [6.45, 7) is 1.54. The molecule has 0 aliphatic heterocycles. The quantitative estimate of drug-likeness (QED) is 0.726. The number of fused-ring (bicyclic) bond motifs is 1. The minimum atomic E-state index is -0.850. The fourth-order valence-corrected chi connectivity index (χ4v) is 1.18. The fourth-order valence-electron chi connectivity index (χ4n) is 1.18. The minimum Gasteiger partial charge on any atom is -0.448 e. The van der Waals surface area contributed by atoms with Crippen LogP contribution in [0.4, 0.5) is 0 Å². The summed E-state index contributed by atoms with van der Waals surface area (Å²) in [6, 6.07) is 7.14. The van der Waals surface area contributed by atoms with Crippen LogP contribution >= 0.6 is 0 Å². The van der Waals surface area contributed by atoms with Gasteiger partial charge >= 0.3 is 0 Å². The molecule has 0 bridgehead atoms. The zero-order chi connectivity index (χ0) is 9.97. The summed E-state index contributed by atoms with van der Waals surface area (Å²) in [4.78, 5) is 8.29. The molecule has 2 heterocycles. The standard InChI is InChI=1S/C10H10N2O2/c1-7(13)14-10-5-4-8-9(12-10)3-2-6-11-8/h2-7,13H,1H3. The van der Waals surface area contributed by atoms with E-state index in [2.05, 4.69) is 9.97 Å². The van der Waals surface area contributed by atoms with E-state index in [-0.39, 0.29) is 0 Å². The maximum absolute atomic E-state index is 9.00. The molecule has 0 radical (unpaired) electrons. The summed E-state index contributed by atoms with van der Waals surface area (Å²) in [6.07, 6.45) is 0.857. The monoisotopic (exact) mass is 190 g/mol. The van der Waals surface area contributed by atoms with Crippen molar-refractivity contribution in [3.05, 3.63) is 30.5 Å².